The summed E-state index contributed by atoms with van der Waals surface area (Å²) in [4.78, 5) is 14.5. The van der Waals surface area contributed by atoms with Crippen molar-refractivity contribution in [3.05, 3.63) is 23.2 Å². The summed E-state index contributed by atoms with van der Waals surface area (Å²) in [6.45, 7) is 10.0. The van der Waals surface area contributed by atoms with Crippen LogP contribution in [0.15, 0.2) is 10.5 Å². The van der Waals surface area contributed by atoms with Gasteiger partial charge in [0.15, 0.2) is 0 Å². The van der Waals surface area contributed by atoms with Gasteiger partial charge in [-0.25, -0.2) is 0 Å². The Bertz CT molecular complexity index is 541. The normalized spacial score (nSPS) is 17.9. The molecule has 0 unspecified atom stereocenters. The van der Waals surface area contributed by atoms with Crippen LogP contribution in [0.25, 0.3) is 0 Å². The molecule has 5 nitrogen and oxygen atoms in total. The Kier molecular flexibility index (Phi) is 4.88. The second-order valence-electron chi connectivity index (χ2n) is 6.16. The molecule has 1 aliphatic rings. The average Bonchev–Trinajstić information content (AvgIpc) is 2.76. The van der Waals surface area contributed by atoms with E-state index >= 15 is 0 Å². The fourth-order valence-corrected chi connectivity index (χ4v) is 3.66. The van der Waals surface area contributed by atoms with Crippen LogP contribution in [0.1, 0.15) is 35.7 Å². The molecule has 0 aromatic carbocycles. The highest BCUT2D eigenvalue weighted by Crippen LogP contribution is 2.17. The molecule has 21 heavy (non-hydrogen) atoms. The van der Waals surface area contributed by atoms with E-state index in [9.17, 15) is 9.00 Å². The third kappa shape index (κ3) is 3.95. The Balaban J connectivity index is 1.93. The number of nitrogens with one attached hydrogen (secondary N) is 1. The highest BCUT2D eigenvalue weighted by Gasteiger charge is 2.30. The minimum Gasteiger partial charge on any atom is -0.466 e. The zero-order chi connectivity index (χ0) is 15.6. The molecule has 0 bridgehead atoms. The third-order valence-electron chi connectivity index (χ3n) is 4.00. The number of furan rings is 1. The SMILES string of the molecule is Cc1cc(C(=O)NCC(C)(C)N2CCS(=O)CC2)c(C)o1. The van der Waals surface area contributed by atoms with Gasteiger partial charge in [-0.1, -0.05) is 0 Å². The third-order valence-corrected chi connectivity index (χ3v) is 5.28. The van der Waals surface area contributed by atoms with Gasteiger partial charge in [0.1, 0.15) is 11.5 Å². The van der Waals surface area contributed by atoms with E-state index < -0.39 is 10.8 Å². The number of nitrogens with zero attached hydrogens (tertiary/aromatic N) is 1. The first-order chi connectivity index (χ1) is 9.79. The summed E-state index contributed by atoms with van der Waals surface area (Å²) in [6.07, 6.45) is 0. The maximum Gasteiger partial charge on any atom is 0.254 e. The molecule has 1 aromatic rings. The van der Waals surface area contributed by atoms with Crippen LogP contribution in [-0.2, 0) is 10.8 Å². The first-order valence-electron chi connectivity index (χ1n) is 7.25. The molecule has 0 radical (unpaired) electrons. The highest BCUT2D eigenvalue weighted by atomic mass is 32.2. The molecule has 1 saturated heterocycles. The Labute approximate surface area is 128 Å². The summed E-state index contributed by atoms with van der Waals surface area (Å²) < 4.78 is 16.8. The van der Waals surface area contributed by atoms with Crippen molar-refractivity contribution in [1.29, 1.82) is 0 Å². The molecule has 1 fully saturated rings. The van der Waals surface area contributed by atoms with Gasteiger partial charge >= 0.3 is 0 Å². The maximum absolute atomic E-state index is 12.2. The minimum absolute atomic E-state index is 0.0991. The van der Waals surface area contributed by atoms with E-state index in [0.717, 1.165) is 30.4 Å². The summed E-state index contributed by atoms with van der Waals surface area (Å²) in [5.74, 6) is 2.74. The second kappa shape index (κ2) is 6.32. The number of carbonyl (C=O) groups excluding carboxylic acids is 1. The number of hydrogen-bond acceptors (Lipinski definition) is 4. The Hall–Kier alpha value is -1.14. The fraction of sp³-hybridized carbons (Fsp3) is 0.667. The van der Waals surface area contributed by atoms with Crippen LogP contribution in [0, 0.1) is 13.8 Å². The Morgan fingerprint density at radius 1 is 1.38 bits per heavy atom. The first kappa shape index (κ1) is 16.2. The van der Waals surface area contributed by atoms with E-state index in [4.69, 9.17) is 4.42 Å². The van der Waals surface area contributed by atoms with Crippen LogP contribution in [-0.4, -0.2) is 51.7 Å². The predicted molar refractivity (Wildman–Crippen MR) is 84.0 cm³/mol. The number of carbonyl (C=O) groups is 1. The van der Waals surface area contributed by atoms with Crippen LogP contribution in [0.5, 0.6) is 0 Å². The molecule has 1 N–H and O–H groups in total. The molecule has 1 amide bonds. The molecule has 118 valence electrons. The number of rotatable bonds is 4. The first-order valence-corrected chi connectivity index (χ1v) is 8.73. The molecule has 0 saturated carbocycles. The van der Waals surface area contributed by atoms with E-state index in [-0.39, 0.29) is 11.4 Å². The molecule has 2 heterocycles. The zero-order valence-corrected chi connectivity index (χ0v) is 14.0. The van der Waals surface area contributed by atoms with Gasteiger partial charge in [0.2, 0.25) is 0 Å². The number of hydrogen-bond donors (Lipinski definition) is 1. The standard InChI is InChI=1S/C15H24N2O3S/c1-11-9-13(12(2)20-11)14(18)16-10-15(3,4)17-5-7-21(19)8-6-17/h9H,5-8,10H2,1-4H3,(H,16,18). The summed E-state index contributed by atoms with van der Waals surface area (Å²) in [7, 11) is -0.680. The monoisotopic (exact) mass is 312 g/mol. The predicted octanol–water partition coefficient (Wildman–Crippen LogP) is 1.47. The molecule has 2 rings (SSSR count). The van der Waals surface area contributed by atoms with Crippen molar-refractivity contribution < 1.29 is 13.4 Å². The van der Waals surface area contributed by atoms with Gasteiger partial charge < -0.3 is 9.73 Å². The lowest BCUT2D eigenvalue weighted by atomic mass is 10.0. The van der Waals surface area contributed by atoms with Crippen molar-refractivity contribution >= 4 is 16.7 Å². The lowest BCUT2D eigenvalue weighted by Gasteiger charge is -2.40. The lowest BCUT2D eigenvalue weighted by Crippen LogP contribution is -2.55. The van der Waals surface area contributed by atoms with Crippen molar-refractivity contribution in [2.24, 2.45) is 0 Å². The largest absolute Gasteiger partial charge is 0.466 e. The van der Waals surface area contributed by atoms with E-state index in [2.05, 4.69) is 24.1 Å². The summed E-state index contributed by atoms with van der Waals surface area (Å²) in [5.41, 5.74) is 0.454. The average molecular weight is 312 g/mol. The summed E-state index contributed by atoms with van der Waals surface area (Å²) in [6, 6.07) is 1.77. The quantitative estimate of drug-likeness (QED) is 0.914. The highest BCUT2D eigenvalue weighted by molar-refractivity contribution is 7.85. The molecule has 1 aliphatic heterocycles. The number of amides is 1. The smallest absolute Gasteiger partial charge is 0.254 e. The van der Waals surface area contributed by atoms with E-state index in [1.54, 1.807) is 13.0 Å². The summed E-state index contributed by atoms with van der Waals surface area (Å²) >= 11 is 0. The lowest BCUT2D eigenvalue weighted by molar-refractivity contribution is 0.0882. The Morgan fingerprint density at radius 3 is 2.52 bits per heavy atom. The summed E-state index contributed by atoms with van der Waals surface area (Å²) in [5, 5.41) is 2.99. The van der Waals surface area contributed by atoms with E-state index in [1.807, 2.05) is 6.92 Å². The molecular formula is C15H24N2O3S. The second-order valence-corrected chi connectivity index (χ2v) is 7.85. The van der Waals surface area contributed by atoms with E-state index in [0.29, 0.717) is 17.9 Å². The van der Waals surface area contributed by atoms with Crippen LogP contribution in [0.3, 0.4) is 0 Å². The zero-order valence-electron chi connectivity index (χ0n) is 13.2. The molecule has 1 aromatic heterocycles. The van der Waals surface area contributed by atoms with Gasteiger partial charge in [0.05, 0.1) is 5.56 Å². The maximum atomic E-state index is 12.2. The van der Waals surface area contributed by atoms with Gasteiger partial charge in [0.25, 0.3) is 5.91 Å². The molecule has 0 aliphatic carbocycles. The number of aryl methyl sites for hydroxylation is 2. The van der Waals surface area contributed by atoms with Crippen molar-refractivity contribution in [1.82, 2.24) is 10.2 Å². The van der Waals surface area contributed by atoms with Gasteiger partial charge in [-0.15, -0.1) is 0 Å². The van der Waals surface area contributed by atoms with Crippen molar-refractivity contribution in [3.63, 3.8) is 0 Å². The molecule has 0 atom stereocenters. The van der Waals surface area contributed by atoms with Crippen molar-refractivity contribution in [3.8, 4) is 0 Å². The van der Waals surface area contributed by atoms with Gasteiger partial charge in [0, 0.05) is 47.5 Å². The van der Waals surface area contributed by atoms with Gasteiger partial charge in [-0.3, -0.25) is 13.9 Å². The van der Waals surface area contributed by atoms with Crippen molar-refractivity contribution in [2.45, 2.75) is 33.2 Å². The topological polar surface area (TPSA) is 62.6 Å². The molecule has 6 heteroatoms. The van der Waals surface area contributed by atoms with E-state index in [1.165, 1.54) is 0 Å². The fourth-order valence-electron chi connectivity index (χ4n) is 2.60. The van der Waals surface area contributed by atoms with Crippen LogP contribution in [0.4, 0.5) is 0 Å². The van der Waals surface area contributed by atoms with Gasteiger partial charge in [-0.05, 0) is 33.8 Å². The van der Waals surface area contributed by atoms with Crippen molar-refractivity contribution in [2.75, 3.05) is 31.1 Å². The minimum atomic E-state index is -0.680. The van der Waals surface area contributed by atoms with Crippen LogP contribution < -0.4 is 5.32 Å². The van der Waals surface area contributed by atoms with Crippen LogP contribution >= 0.6 is 0 Å². The van der Waals surface area contributed by atoms with Crippen LogP contribution in [0.2, 0.25) is 0 Å². The van der Waals surface area contributed by atoms with Gasteiger partial charge in [-0.2, -0.15) is 0 Å². The molecule has 0 spiro atoms. The Morgan fingerprint density at radius 2 is 2.00 bits per heavy atom. The molecular weight excluding hydrogens is 288 g/mol.